The highest BCUT2D eigenvalue weighted by atomic mass is 32.2. The van der Waals surface area contributed by atoms with Gasteiger partial charge in [-0.1, -0.05) is 6.07 Å². The molecular formula is C17H23N3O5S. The summed E-state index contributed by atoms with van der Waals surface area (Å²) in [6.07, 6.45) is 0.724. The van der Waals surface area contributed by atoms with Crippen molar-refractivity contribution in [2.45, 2.75) is 38.3 Å². The maximum atomic E-state index is 13.3. The van der Waals surface area contributed by atoms with Gasteiger partial charge in [-0.15, -0.1) is 5.10 Å². The Labute approximate surface area is 153 Å². The summed E-state index contributed by atoms with van der Waals surface area (Å²) in [5.41, 5.74) is 1.44. The molecule has 8 nitrogen and oxygen atoms in total. The summed E-state index contributed by atoms with van der Waals surface area (Å²) in [4.78, 5) is -0.0191. The molecule has 0 radical (unpaired) electrons. The fourth-order valence-electron chi connectivity index (χ4n) is 2.70. The van der Waals surface area contributed by atoms with Crippen LogP contribution in [0.1, 0.15) is 19.4 Å². The molecule has 142 valence electrons. The van der Waals surface area contributed by atoms with Crippen molar-refractivity contribution in [3.8, 4) is 11.6 Å². The topological polar surface area (TPSA) is 93.9 Å². The van der Waals surface area contributed by atoms with Crippen molar-refractivity contribution in [3.63, 3.8) is 0 Å². The van der Waals surface area contributed by atoms with E-state index in [0.717, 1.165) is 5.56 Å². The molecule has 0 aliphatic carbocycles. The zero-order valence-electron chi connectivity index (χ0n) is 15.0. The van der Waals surface area contributed by atoms with Crippen LogP contribution in [0.5, 0.6) is 11.6 Å². The maximum absolute atomic E-state index is 13.3. The van der Waals surface area contributed by atoms with Gasteiger partial charge in [0, 0.05) is 12.7 Å². The molecule has 2 aromatic rings. The number of hydrogen-bond donors (Lipinski definition) is 1. The van der Waals surface area contributed by atoms with Crippen LogP contribution in [0.2, 0.25) is 0 Å². The lowest BCUT2D eigenvalue weighted by Crippen LogP contribution is -2.38. The van der Waals surface area contributed by atoms with E-state index in [-0.39, 0.29) is 30.5 Å². The van der Waals surface area contributed by atoms with E-state index >= 15 is 0 Å². The summed E-state index contributed by atoms with van der Waals surface area (Å²) in [5.74, 6) is 0.521. The van der Waals surface area contributed by atoms with Crippen LogP contribution in [0, 0.1) is 6.92 Å². The molecule has 1 aromatic carbocycles. The predicted octanol–water partition coefficient (Wildman–Crippen LogP) is 1.56. The highest BCUT2D eigenvalue weighted by Gasteiger charge is 2.34. The lowest BCUT2D eigenvalue weighted by Gasteiger charge is -2.30. The molecule has 0 bridgehead atoms. The number of aryl methyl sites for hydroxylation is 2. The Bertz CT molecular complexity index is 892. The molecular weight excluding hydrogens is 358 g/mol. The summed E-state index contributed by atoms with van der Waals surface area (Å²) in [6, 6.07) is 5.43. The van der Waals surface area contributed by atoms with Crippen LogP contribution in [0.15, 0.2) is 29.3 Å². The molecule has 26 heavy (non-hydrogen) atoms. The fourth-order valence-corrected chi connectivity index (χ4v) is 4.22. The summed E-state index contributed by atoms with van der Waals surface area (Å²) in [6.45, 7) is 6.24. The van der Waals surface area contributed by atoms with E-state index in [1.807, 2.05) is 19.9 Å². The number of hydrogen-bond acceptors (Lipinski definition) is 6. The Hall–Kier alpha value is -2.26. The minimum Gasteiger partial charge on any atom is -0.489 e. The lowest BCUT2D eigenvalue weighted by atomic mass is 10.2. The van der Waals surface area contributed by atoms with E-state index in [1.54, 1.807) is 19.1 Å². The molecule has 0 amide bonds. The Morgan fingerprint density at radius 1 is 1.42 bits per heavy atom. The van der Waals surface area contributed by atoms with Gasteiger partial charge in [0.25, 0.3) is 15.9 Å². The van der Waals surface area contributed by atoms with Gasteiger partial charge < -0.3 is 14.6 Å². The third kappa shape index (κ3) is 3.49. The Kier molecular flexibility index (Phi) is 5.10. The van der Waals surface area contributed by atoms with Gasteiger partial charge in [-0.25, -0.2) is 8.42 Å². The third-order valence-electron chi connectivity index (χ3n) is 3.98. The van der Waals surface area contributed by atoms with Crippen LogP contribution in [-0.2, 0) is 16.6 Å². The van der Waals surface area contributed by atoms with Gasteiger partial charge in [0.1, 0.15) is 19.0 Å². The van der Waals surface area contributed by atoms with Gasteiger partial charge in [0.15, 0.2) is 4.90 Å². The van der Waals surface area contributed by atoms with Crippen LogP contribution in [0.3, 0.4) is 0 Å². The Balaban J connectivity index is 2.04. The summed E-state index contributed by atoms with van der Waals surface area (Å²) in [7, 11) is -3.90. The van der Waals surface area contributed by atoms with Crippen molar-refractivity contribution < 1.29 is 23.0 Å². The number of fused-ring (bicyclic) bond motifs is 1. The molecule has 0 spiro atoms. The van der Waals surface area contributed by atoms with E-state index in [0.29, 0.717) is 18.0 Å². The Morgan fingerprint density at radius 2 is 2.19 bits per heavy atom. The van der Waals surface area contributed by atoms with Crippen molar-refractivity contribution in [1.29, 1.82) is 0 Å². The number of anilines is 1. The van der Waals surface area contributed by atoms with Crippen molar-refractivity contribution in [3.05, 3.63) is 30.0 Å². The predicted molar refractivity (Wildman–Crippen MR) is 96.3 cm³/mol. The number of rotatable bonds is 6. The fraction of sp³-hybridized carbons (Fsp3) is 0.471. The van der Waals surface area contributed by atoms with E-state index in [2.05, 4.69) is 5.10 Å². The molecule has 1 atom stereocenters. The quantitative estimate of drug-likeness (QED) is 0.816. The summed E-state index contributed by atoms with van der Waals surface area (Å²) >= 11 is 0. The first-order chi connectivity index (χ1) is 12.3. The summed E-state index contributed by atoms with van der Waals surface area (Å²) < 4.78 is 40.5. The zero-order valence-corrected chi connectivity index (χ0v) is 15.9. The number of ether oxygens (including phenoxy) is 2. The Morgan fingerprint density at radius 3 is 2.88 bits per heavy atom. The van der Waals surface area contributed by atoms with E-state index in [4.69, 9.17) is 9.47 Å². The first-order valence-electron chi connectivity index (χ1n) is 8.47. The number of aliphatic hydroxyl groups is 1. The zero-order chi connectivity index (χ0) is 18.9. The van der Waals surface area contributed by atoms with Gasteiger partial charge in [-0.3, -0.25) is 8.99 Å². The average molecular weight is 381 g/mol. The summed E-state index contributed by atoms with van der Waals surface area (Å²) in [5, 5.41) is 13.6. The maximum Gasteiger partial charge on any atom is 0.271 e. The minimum absolute atomic E-state index is 0.00607. The van der Waals surface area contributed by atoms with Crippen molar-refractivity contribution in [1.82, 2.24) is 9.78 Å². The van der Waals surface area contributed by atoms with Crippen molar-refractivity contribution in [2.75, 3.05) is 24.1 Å². The van der Waals surface area contributed by atoms with Crippen LogP contribution >= 0.6 is 0 Å². The molecule has 2 heterocycles. The molecule has 1 aliphatic heterocycles. The second-order valence-corrected chi connectivity index (χ2v) is 8.04. The standard InChI is InChI=1S/C17H23N3O5S/c1-4-19-10-16(17(18-19)25-11-13(3)21)26(22,23)20-7-8-24-15-6-5-12(2)9-14(15)20/h5-6,9-10,13,21H,4,7-8,11H2,1-3H3/t13-/m0/s1. The van der Waals surface area contributed by atoms with E-state index in [9.17, 15) is 13.5 Å². The molecule has 9 heteroatoms. The number of benzene rings is 1. The molecule has 3 rings (SSSR count). The van der Waals surface area contributed by atoms with Gasteiger partial charge >= 0.3 is 0 Å². The van der Waals surface area contributed by atoms with Gasteiger partial charge in [0.05, 0.1) is 18.3 Å². The number of aromatic nitrogens is 2. The number of aliphatic hydroxyl groups excluding tert-OH is 1. The van der Waals surface area contributed by atoms with E-state index in [1.165, 1.54) is 15.2 Å². The first-order valence-corrected chi connectivity index (χ1v) is 9.91. The molecule has 0 fully saturated rings. The highest BCUT2D eigenvalue weighted by Crippen LogP contribution is 2.37. The minimum atomic E-state index is -3.90. The van der Waals surface area contributed by atoms with Gasteiger partial charge in [-0.2, -0.15) is 0 Å². The lowest BCUT2D eigenvalue weighted by molar-refractivity contribution is 0.117. The van der Waals surface area contributed by atoms with E-state index < -0.39 is 16.1 Å². The second-order valence-electron chi connectivity index (χ2n) is 6.21. The van der Waals surface area contributed by atoms with Crippen molar-refractivity contribution in [2.24, 2.45) is 0 Å². The normalized spacial score (nSPS) is 15.3. The van der Waals surface area contributed by atoms with Crippen LogP contribution < -0.4 is 13.8 Å². The van der Waals surface area contributed by atoms with Gasteiger partial charge in [0.2, 0.25) is 0 Å². The number of nitrogens with zero attached hydrogens (tertiary/aromatic N) is 3. The average Bonchev–Trinajstić information content (AvgIpc) is 3.03. The smallest absolute Gasteiger partial charge is 0.271 e. The van der Waals surface area contributed by atoms with Crippen LogP contribution in [-0.4, -0.2) is 49.2 Å². The second kappa shape index (κ2) is 7.16. The van der Waals surface area contributed by atoms with Crippen LogP contribution in [0.25, 0.3) is 0 Å². The largest absolute Gasteiger partial charge is 0.489 e. The molecule has 1 aliphatic rings. The first kappa shape index (κ1) is 18.5. The molecule has 1 N–H and O–H groups in total. The number of sulfonamides is 1. The van der Waals surface area contributed by atoms with Gasteiger partial charge in [-0.05, 0) is 38.5 Å². The monoisotopic (exact) mass is 381 g/mol. The molecule has 0 saturated heterocycles. The highest BCUT2D eigenvalue weighted by molar-refractivity contribution is 7.93. The third-order valence-corrected chi connectivity index (χ3v) is 5.78. The van der Waals surface area contributed by atoms with Crippen molar-refractivity contribution >= 4 is 15.7 Å². The SMILES string of the molecule is CCn1cc(S(=O)(=O)N2CCOc3ccc(C)cc32)c(OC[C@H](C)O)n1. The molecule has 1 aromatic heterocycles. The molecule has 0 unspecified atom stereocenters. The van der Waals surface area contributed by atoms with Crippen LogP contribution in [0.4, 0.5) is 5.69 Å². The molecule has 0 saturated carbocycles.